The molecule has 1 fully saturated rings. The van der Waals surface area contributed by atoms with Crippen LogP contribution in [0.15, 0.2) is 70.3 Å². The monoisotopic (exact) mass is 575 g/mol. The van der Waals surface area contributed by atoms with Gasteiger partial charge in [-0.1, -0.05) is 48.6 Å². The van der Waals surface area contributed by atoms with E-state index in [2.05, 4.69) is 10.6 Å². The van der Waals surface area contributed by atoms with E-state index >= 15 is 0 Å². The van der Waals surface area contributed by atoms with Crippen LogP contribution in [0.1, 0.15) is 36.4 Å². The molecule has 220 valence electrons. The molecule has 12 nitrogen and oxygen atoms in total. The Labute approximate surface area is 241 Å². The maximum atomic E-state index is 13.9. The largest absolute Gasteiger partial charge is 0.467 e. The van der Waals surface area contributed by atoms with Crippen molar-refractivity contribution >= 4 is 11.9 Å². The van der Waals surface area contributed by atoms with Gasteiger partial charge in [0.2, 0.25) is 12.7 Å². The standard InChI is InChI=1S/C30H33N5O7/c1-40-27(37)22(9-7-20-5-3-2-4-6-20)32-26(36)23-11-12-30(13-15-31-16-14-30)35-29(39)33(28(38)34(23)35)18-21-8-10-24-25(17-21)42-19-41-24/h2-6,8,10-12,17,22-23,31H,7,9,13-16,18-19H2,1H3,(H,32,36)/t22-,23?/m0/s1. The van der Waals surface area contributed by atoms with E-state index in [9.17, 15) is 19.2 Å². The fraction of sp³-hybridized carbons (Fsp3) is 0.400. The molecule has 3 aliphatic rings. The Morgan fingerprint density at radius 3 is 2.57 bits per heavy atom. The van der Waals surface area contributed by atoms with Gasteiger partial charge in [-0.05, 0) is 62.0 Å². The van der Waals surface area contributed by atoms with Crippen LogP contribution in [0, 0.1) is 0 Å². The highest BCUT2D eigenvalue weighted by molar-refractivity contribution is 5.87. The van der Waals surface area contributed by atoms with Crippen molar-refractivity contribution in [2.45, 2.75) is 49.9 Å². The number of aryl methyl sites for hydroxylation is 1. The maximum absolute atomic E-state index is 13.9. The number of ether oxygens (including phenoxy) is 3. The Hall–Kier alpha value is -4.58. The summed E-state index contributed by atoms with van der Waals surface area (Å²) in [6, 6.07) is 12.8. The van der Waals surface area contributed by atoms with E-state index in [0.717, 1.165) is 10.1 Å². The van der Waals surface area contributed by atoms with E-state index in [4.69, 9.17) is 14.2 Å². The van der Waals surface area contributed by atoms with Crippen LogP contribution in [0.3, 0.4) is 0 Å². The molecular formula is C30H33N5O7. The summed E-state index contributed by atoms with van der Waals surface area (Å²) in [5, 5.41) is 6.08. The number of hydrogen-bond donors (Lipinski definition) is 2. The molecule has 0 aliphatic carbocycles. The maximum Gasteiger partial charge on any atom is 0.348 e. The van der Waals surface area contributed by atoms with Gasteiger partial charge in [0.25, 0.3) is 0 Å². The Kier molecular flexibility index (Phi) is 7.46. The fourth-order valence-electron chi connectivity index (χ4n) is 5.97. The molecule has 3 aliphatic heterocycles. The lowest BCUT2D eigenvalue weighted by Gasteiger charge is -2.40. The zero-order chi connectivity index (χ0) is 29.3. The van der Waals surface area contributed by atoms with Crippen LogP contribution in [0.5, 0.6) is 11.5 Å². The molecule has 3 aromatic rings. The molecular weight excluding hydrogens is 542 g/mol. The van der Waals surface area contributed by atoms with E-state index in [1.807, 2.05) is 36.4 Å². The third-order valence-corrected chi connectivity index (χ3v) is 8.21. The summed E-state index contributed by atoms with van der Waals surface area (Å²) in [5.41, 5.74) is -0.180. The van der Waals surface area contributed by atoms with Crippen molar-refractivity contribution in [1.82, 2.24) is 24.6 Å². The molecule has 12 heteroatoms. The first-order chi connectivity index (χ1) is 20.4. The van der Waals surface area contributed by atoms with E-state index in [0.29, 0.717) is 55.8 Å². The topological polar surface area (TPSA) is 135 Å². The molecule has 0 radical (unpaired) electrons. The first-order valence-corrected chi connectivity index (χ1v) is 14.1. The van der Waals surface area contributed by atoms with Gasteiger partial charge in [-0.25, -0.2) is 28.3 Å². The number of methoxy groups -OCH3 is 1. The number of esters is 1. The molecule has 2 aromatic carbocycles. The number of nitrogens with zero attached hydrogens (tertiary/aromatic N) is 3. The molecule has 42 heavy (non-hydrogen) atoms. The zero-order valence-electron chi connectivity index (χ0n) is 23.3. The highest BCUT2D eigenvalue weighted by atomic mass is 16.7. The highest BCUT2D eigenvalue weighted by Crippen LogP contribution is 2.34. The number of aromatic nitrogens is 3. The molecule has 2 N–H and O–H groups in total. The van der Waals surface area contributed by atoms with E-state index in [1.54, 1.807) is 24.3 Å². The first kappa shape index (κ1) is 27.6. The number of amides is 1. The van der Waals surface area contributed by atoms with Crippen LogP contribution < -0.4 is 31.5 Å². The minimum atomic E-state index is -1.13. The number of hydrogen-bond acceptors (Lipinski definition) is 8. The third-order valence-electron chi connectivity index (χ3n) is 8.21. The van der Waals surface area contributed by atoms with Gasteiger partial charge in [-0.3, -0.25) is 4.79 Å². The molecule has 1 aromatic heterocycles. The smallest absolute Gasteiger partial charge is 0.348 e. The number of rotatable bonds is 8. The van der Waals surface area contributed by atoms with Gasteiger partial charge < -0.3 is 24.8 Å². The molecule has 4 heterocycles. The number of carbonyl (C=O) groups excluding carboxylic acids is 2. The number of nitrogens with one attached hydrogen (secondary N) is 2. The van der Waals surface area contributed by atoms with Gasteiger partial charge in [-0.15, -0.1) is 0 Å². The molecule has 6 rings (SSSR count). The fourth-order valence-corrected chi connectivity index (χ4v) is 5.97. The number of benzene rings is 2. The predicted molar refractivity (Wildman–Crippen MR) is 152 cm³/mol. The summed E-state index contributed by atoms with van der Waals surface area (Å²) in [4.78, 5) is 54.2. The third kappa shape index (κ3) is 5.02. The van der Waals surface area contributed by atoms with Crippen LogP contribution >= 0.6 is 0 Å². The van der Waals surface area contributed by atoms with Crippen molar-refractivity contribution in [3.05, 3.63) is 92.8 Å². The molecule has 0 bridgehead atoms. The number of carbonyl (C=O) groups is 2. The second-order valence-corrected chi connectivity index (χ2v) is 10.8. The van der Waals surface area contributed by atoms with Gasteiger partial charge in [0.1, 0.15) is 6.04 Å². The quantitative estimate of drug-likeness (QED) is 0.301. The molecule has 1 unspecified atom stereocenters. The SMILES string of the molecule is COC(=O)[C@H](CCc1ccccc1)NC(=O)C1C=CC2(CCNCC2)n2c(=O)n(Cc3ccc4c(c3)OCO4)c(=O)n21. The van der Waals surface area contributed by atoms with Crippen LogP contribution in [0.25, 0.3) is 0 Å². The number of fused-ring (bicyclic) bond motifs is 3. The Morgan fingerprint density at radius 2 is 1.81 bits per heavy atom. The van der Waals surface area contributed by atoms with Crippen molar-refractivity contribution in [1.29, 1.82) is 0 Å². The predicted octanol–water partition coefficient (Wildman–Crippen LogP) is 1.07. The normalized spacial score (nSPS) is 18.8. The van der Waals surface area contributed by atoms with E-state index < -0.39 is 40.9 Å². The van der Waals surface area contributed by atoms with Crippen molar-refractivity contribution in [2.75, 3.05) is 27.0 Å². The summed E-state index contributed by atoms with van der Waals surface area (Å²) in [7, 11) is 1.27. The van der Waals surface area contributed by atoms with Crippen LogP contribution in [-0.4, -0.2) is 58.8 Å². The summed E-state index contributed by atoms with van der Waals surface area (Å²) in [6.07, 6.45) is 5.52. The minimum absolute atomic E-state index is 0.00810. The van der Waals surface area contributed by atoms with Crippen molar-refractivity contribution in [3.8, 4) is 11.5 Å². The molecule has 1 spiro atoms. The minimum Gasteiger partial charge on any atom is -0.467 e. The first-order valence-electron chi connectivity index (χ1n) is 14.1. The van der Waals surface area contributed by atoms with Crippen LogP contribution in [0.2, 0.25) is 0 Å². The van der Waals surface area contributed by atoms with Gasteiger partial charge in [0, 0.05) is 0 Å². The van der Waals surface area contributed by atoms with Crippen molar-refractivity contribution < 1.29 is 23.8 Å². The van der Waals surface area contributed by atoms with Crippen LogP contribution in [-0.2, 0) is 32.8 Å². The molecule has 2 atom stereocenters. The number of piperidine rings is 1. The lowest BCUT2D eigenvalue weighted by atomic mass is 9.86. The van der Waals surface area contributed by atoms with E-state index in [-0.39, 0.29) is 13.3 Å². The highest BCUT2D eigenvalue weighted by Gasteiger charge is 2.43. The average Bonchev–Trinajstić information content (AvgIpc) is 3.58. The Bertz CT molecular complexity index is 1630. The van der Waals surface area contributed by atoms with Gasteiger partial charge in [0.05, 0.1) is 19.2 Å². The Balaban J connectivity index is 1.33. The summed E-state index contributed by atoms with van der Waals surface area (Å²) >= 11 is 0. The van der Waals surface area contributed by atoms with Gasteiger partial charge in [0.15, 0.2) is 17.5 Å². The molecule has 0 saturated carbocycles. The van der Waals surface area contributed by atoms with E-state index in [1.165, 1.54) is 16.5 Å². The lowest BCUT2D eigenvalue weighted by Crippen LogP contribution is -2.54. The molecule has 1 amide bonds. The lowest BCUT2D eigenvalue weighted by molar-refractivity contribution is -0.145. The van der Waals surface area contributed by atoms with Gasteiger partial charge >= 0.3 is 17.3 Å². The number of allylic oxidation sites excluding steroid dienone is 1. The summed E-state index contributed by atoms with van der Waals surface area (Å²) in [6.45, 7) is 1.41. The van der Waals surface area contributed by atoms with Crippen molar-refractivity contribution in [3.63, 3.8) is 0 Å². The van der Waals surface area contributed by atoms with Crippen LogP contribution in [0.4, 0.5) is 0 Å². The second-order valence-electron chi connectivity index (χ2n) is 10.8. The van der Waals surface area contributed by atoms with Gasteiger partial charge in [-0.2, -0.15) is 0 Å². The zero-order valence-corrected chi connectivity index (χ0v) is 23.3. The molecule has 1 saturated heterocycles. The Morgan fingerprint density at radius 1 is 1.05 bits per heavy atom. The summed E-state index contributed by atoms with van der Waals surface area (Å²) < 4.78 is 19.6. The van der Waals surface area contributed by atoms with Crippen molar-refractivity contribution in [2.24, 2.45) is 0 Å². The average molecular weight is 576 g/mol. The second kappa shape index (κ2) is 11.4. The summed E-state index contributed by atoms with van der Waals surface area (Å²) in [5.74, 6) is -0.0164.